The van der Waals surface area contributed by atoms with E-state index in [4.69, 9.17) is 21.1 Å². The number of benzene rings is 5. The van der Waals surface area contributed by atoms with Gasteiger partial charge in [0.15, 0.2) is 0 Å². The number of piperidine rings is 1. The van der Waals surface area contributed by atoms with Gasteiger partial charge in [0, 0.05) is 90.9 Å². The molecule has 3 aliphatic heterocycles. The molecule has 2 fully saturated rings. The van der Waals surface area contributed by atoms with Crippen LogP contribution in [0.3, 0.4) is 0 Å². The number of nitrogens with zero attached hydrogens (tertiary/aromatic N) is 7. The van der Waals surface area contributed by atoms with Crippen LogP contribution < -0.4 is 25.6 Å². The Labute approximate surface area is 610 Å². The van der Waals surface area contributed by atoms with Gasteiger partial charge >= 0.3 is 5.51 Å². The zero-order valence-electron chi connectivity index (χ0n) is 59.1. The molecule has 0 spiro atoms. The molecule has 1 aromatic heterocycles. The average molecular weight is 1500 g/mol. The molecule has 0 bridgehead atoms. The van der Waals surface area contributed by atoms with E-state index in [-0.39, 0.29) is 72.2 Å². The number of thioether (sulfide) groups is 1. The van der Waals surface area contributed by atoms with Gasteiger partial charge in [0.2, 0.25) is 11.8 Å². The molecular weight excluding hydrogens is 1410 g/mol. The number of anilines is 3. The largest absolute Gasteiger partial charge is 0.501 e. The van der Waals surface area contributed by atoms with Crippen molar-refractivity contribution in [1.82, 2.24) is 39.7 Å². The van der Waals surface area contributed by atoms with E-state index in [0.717, 1.165) is 79.4 Å². The molecule has 554 valence electrons. The highest BCUT2D eigenvalue weighted by molar-refractivity contribution is 7.99. The molecule has 4 N–H and O–H groups in total. The minimum Gasteiger partial charge on any atom is -0.382 e. The number of fused-ring (bicyclic) bond motifs is 1. The summed E-state index contributed by atoms with van der Waals surface area (Å²) in [7, 11) is -9.14. The number of hydrogen-bond donors (Lipinski definition) is 4. The molecule has 22 nitrogen and oxygen atoms in total. The molecule has 2 saturated heterocycles. The smallest absolute Gasteiger partial charge is 0.382 e. The van der Waals surface area contributed by atoms with Gasteiger partial charge in [0.25, 0.3) is 37.6 Å². The second kappa shape index (κ2) is 33.2. The van der Waals surface area contributed by atoms with Crippen molar-refractivity contribution in [3.05, 3.63) is 160 Å². The van der Waals surface area contributed by atoms with E-state index in [1.807, 2.05) is 60.4 Å². The van der Waals surface area contributed by atoms with Crippen molar-refractivity contribution in [3.63, 3.8) is 0 Å². The number of carbonyl (C=O) groups is 5. The summed E-state index contributed by atoms with van der Waals surface area (Å²) in [5.41, 5.74) is -0.244. The lowest BCUT2D eigenvalue weighted by molar-refractivity contribution is -0.136. The minimum absolute atomic E-state index is 0.0249. The lowest BCUT2D eigenvalue weighted by Crippen LogP contribution is -2.54. The fraction of sp³-hybridized carbons (Fsp3) is 0.473. The Bertz CT molecular complexity index is 4310. The maximum atomic E-state index is 14.6. The lowest BCUT2D eigenvalue weighted by Gasteiger charge is -2.39. The van der Waals surface area contributed by atoms with Crippen LogP contribution in [0.15, 0.2) is 142 Å². The quantitative estimate of drug-likeness (QED) is 0.0169. The van der Waals surface area contributed by atoms with Crippen LogP contribution >= 0.6 is 23.4 Å². The van der Waals surface area contributed by atoms with Crippen LogP contribution in [0.5, 0.6) is 0 Å². The first-order chi connectivity index (χ1) is 48.7. The van der Waals surface area contributed by atoms with Gasteiger partial charge in [-0.15, -0.1) is 16.9 Å². The van der Waals surface area contributed by atoms with Gasteiger partial charge in [-0.2, -0.15) is 13.2 Å². The second-order valence-electron chi connectivity index (χ2n) is 29.3. The number of piperazine rings is 1. The SMILES string of the molecule is CN(CC[C@H](CSc1ccccc1)Nc1ccc(S(=O)(=O)NC(=O)c2ccc(N3CCN(CC4=C(c5ccc(Cl)cc5)CCC(C)(C)C4)CC3)cc2)cc1S(=O)(=O)C(F)(F)F)CCC(C)(C)CC(C)(C)Cn1cc(COCCOCCNc2cccc3c2C(=O)N(C2CCC(=O)NC2=O)C3=O)nn1. The fourth-order valence-corrected chi connectivity index (χ4v) is 17.1. The summed E-state index contributed by atoms with van der Waals surface area (Å²) in [5, 5.41) is 17.8. The third kappa shape index (κ3) is 20.4. The van der Waals surface area contributed by atoms with Crippen LogP contribution in [-0.2, 0) is 52.1 Å². The number of aromatic nitrogens is 3. The standard InChI is InChI=1S/C74H91ClF3N11O11S3/c1-71(2)30-28-59(50-16-20-53(75)21-17-50)52(43-71)44-86-35-37-87(38-36-86)56-22-18-51(19-23-56)67(91)83-103(97,98)58-24-25-61(64(42-58)102(95,96)74(76,77)78)80-54(47-101-57-12-9-8-10-13-57)29-33-85(7)34-31-72(3,4)48-73(5,6)49-88-45-55(82-84-88)46-100-41-40-99-39-32-79-62-15-11-14-60-66(62)70(94)89(69(60)93)63-26-27-65(90)81-68(63)92/h8-25,42,45,54,63,79-80H,26-41,43-44,46-49H2,1-7H3,(H,83,91)(H,81,90,92)/t54-,63?/m1/s1. The van der Waals surface area contributed by atoms with E-state index in [9.17, 15) is 54.0 Å². The van der Waals surface area contributed by atoms with Crippen molar-refractivity contribution in [1.29, 1.82) is 0 Å². The molecule has 2 atom stereocenters. The molecule has 5 aromatic carbocycles. The van der Waals surface area contributed by atoms with Crippen molar-refractivity contribution in [2.24, 2.45) is 16.2 Å². The molecule has 5 amide bonds. The van der Waals surface area contributed by atoms with E-state index < -0.39 is 82.5 Å². The number of halogens is 4. The molecule has 4 heterocycles. The first-order valence-corrected chi connectivity index (χ1v) is 38.9. The molecule has 29 heteroatoms. The highest BCUT2D eigenvalue weighted by atomic mass is 35.5. The Kier molecular flexibility index (Phi) is 25.1. The zero-order chi connectivity index (χ0) is 74.1. The van der Waals surface area contributed by atoms with Gasteiger partial charge in [0.1, 0.15) is 16.6 Å². The summed E-state index contributed by atoms with van der Waals surface area (Å²) in [6.07, 6.45) is 6.95. The normalized spacial score (nSPS) is 17.4. The third-order valence-electron chi connectivity index (χ3n) is 19.1. The fourth-order valence-electron chi connectivity index (χ4n) is 14.0. The molecule has 1 aliphatic carbocycles. The summed E-state index contributed by atoms with van der Waals surface area (Å²) in [6, 6.07) is 29.4. The van der Waals surface area contributed by atoms with Crippen molar-refractivity contribution in [3.8, 4) is 0 Å². The summed E-state index contributed by atoms with van der Waals surface area (Å²) in [5.74, 6) is -3.07. The highest BCUT2D eigenvalue weighted by Gasteiger charge is 2.49. The first kappa shape index (κ1) is 77.9. The second-order valence-corrected chi connectivity index (χ2v) is 34.4. The van der Waals surface area contributed by atoms with Gasteiger partial charge in [-0.3, -0.25) is 43.8 Å². The maximum absolute atomic E-state index is 14.6. The molecule has 1 unspecified atom stereocenters. The number of alkyl halides is 3. The number of sulfonamides is 1. The van der Waals surface area contributed by atoms with E-state index in [0.29, 0.717) is 73.9 Å². The van der Waals surface area contributed by atoms with Crippen LogP contribution in [-0.4, -0.2) is 179 Å². The number of rotatable bonds is 33. The predicted octanol–water partition coefficient (Wildman–Crippen LogP) is 11.6. The van der Waals surface area contributed by atoms with E-state index in [1.54, 1.807) is 28.9 Å². The van der Waals surface area contributed by atoms with Gasteiger partial charge in [-0.1, -0.05) is 100 Å². The Morgan fingerprint density at radius 1 is 0.825 bits per heavy atom. The van der Waals surface area contributed by atoms with Crippen LogP contribution in [0.2, 0.25) is 5.02 Å². The Hall–Kier alpha value is -7.70. The molecule has 4 aliphatic rings. The summed E-state index contributed by atoms with van der Waals surface area (Å²) in [6.45, 7) is 20.2. The molecule has 6 aromatic rings. The summed E-state index contributed by atoms with van der Waals surface area (Å²) in [4.78, 5) is 70.8. The van der Waals surface area contributed by atoms with Crippen molar-refractivity contribution >= 4 is 95.4 Å². The number of allylic oxidation sites excluding steroid dienone is 1. The van der Waals surface area contributed by atoms with Crippen molar-refractivity contribution in [2.75, 3.05) is 101 Å². The van der Waals surface area contributed by atoms with Gasteiger partial charge in [0.05, 0.1) is 54.3 Å². The lowest BCUT2D eigenvalue weighted by atomic mass is 9.73. The van der Waals surface area contributed by atoms with Crippen LogP contribution in [0, 0.1) is 16.2 Å². The number of carbonyl (C=O) groups excluding carboxylic acids is 5. The Morgan fingerprint density at radius 3 is 2.25 bits per heavy atom. The average Bonchev–Trinajstić information content (AvgIpc) is 1.71. The number of nitrogens with one attached hydrogen (secondary N) is 4. The zero-order valence-corrected chi connectivity index (χ0v) is 62.3. The predicted molar refractivity (Wildman–Crippen MR) is 391 cm³/mol. The number of ether oxygens (including phenoxy) is 2. The van der Waals surface area contributed by atoms with Crippen molar-refractivity contribution < 1.29 is 63.5 Å². The van der Waals surface area contributed by atoms with Crippen LogP contribution in [0.4, 0.5) is 30.2 Å². The number of imide groups is 2. The Balaban J connectivity index is 0.685. The summed E-state index contributed by atoms with van der Waals surface area (Å²) >= 11 is 7.65. The van der Waals surface area contributed by atoms with Crippen molar-refractivity contribution in [2.45, 2.75) is 138 Å². The van der Waals surface area contributed by atoms with E-state index in [2.05, 4.69) is 94.6 Å². The number of amides is 5. The van der Waals surface area contributed by atoms with E-state index >= 15 is 0 Å². The maximum Gasteiger partial charge on any atom is 0.501 e. The van der Waals surface area contributed by atoms with Gasteiger partial charge in [-0.25, -0.2) is 21.6 Å². The summed E-state index contributed by atoms with van der Waals surface area (Å²) < 4.78 is 114. The topological polar surface area (TPSA) is 264 Å². The molecular formula is C74H91ClF3N11O11S3. The first-order valence-electron chi connectivity index (χ1n) is 34.6. The third-order valence-corrected chi connectivity index (χ3v) is 23.4. The number of hydrogen-bond acceptors (Lipinski definition) is 19. The van der Waals surface area contributed by atoms with Crippen LogP contribution in [0.1, 0.15) is 135 Å². The molecule has 0 saturated carbocycles. The highest BCUT2D eigenvalue weighted by Crippen LogP contribution is 2.44. The molecule has 10 rings (SSSR count). The van der Waals surface area contributed by atoms with Crippen LogP contribution in [0.25, 0.3) is 5.57 Å². The van der Waals surface area contributed by atoms with Gasteiger partial charge < -0.3 is 29.9 Å². The monoisotopic (exact) mass is 1500 g/mol. The Morgan fingerprint density at radius 2 is 1.54 bits per heavy atom. The van der Waals surface area contributed by atoms with Gasteiger partial charge in [-0.05, 0) is 171 Å². The number of sulfone groups is 1. The molecule has 0 radical (unpaired) electrons. The van der Waals surface area contributed by atoms with E-state index in [1.165, 1.54) is 46.7 Å². The molecule has 103 heavy (non-hydrogen) atoms. The minimum atomic E-state index is -6.16.